The van der Waals surface area contributed by atoms with Crippen LogP contribution in [0.4, 0.5) is 11.8 Å². The van der Waals surface area contributed by atoms with Crippen molar-refractivity contribution in [2.75, 3.05) is 23.7 Å². The van der Waals surface area contributed by atoms with Gasteiger partial charge in [0.15, 0.2) is 0 Å². The van der Waals surface area contributed by atoms with Gasteiger partial charge >= 0.3 is 5.97 Å². The Kier molecular flexibility index (Phi) is 4.57. The molecule has 3 rings (SSSR count). The fourth-order valence-corrected chi connectivity index (χ4v) is 3.23. The molecule has 0 bridgehead atoms. The fraction of sp³-hybridized carbons (Fsp3) is 0.353. The van der Waals surface area contributed by atoms with Gasteiger partial charge in [-0.05, 0) is 43.0 Å². The first-order valence-electron chi connectivity index (χ1n) is 7.80. The highest BCUT2D eigenvalue weighted by atomic mass is 35.5. The van der Waals surface area contributed by atoms with E-state index in [1.54, 1.807) is 24.4 Å². The second-order valence-corrected chi connectivity index (χ2v) is 6.59. The zero-order chi connectivity index (χ0) is 17.2. The number of hydrogen-bond acceptors (Lipinski definition) is 5. The minimum absolute atomic E-state index is 0.413. The van der Waals surface area contributed by atoms with E-state index in [1.807, 2.05) is 17.0 Å². The van der Waals surface area contributed by atoms with E-state index in [0.717, 1.165) is 5.56 Å². The van der Waals surface area contributed by atoms with Gasteiger partial charge in [-0.3, -0.25) is 4.79 Å². The van der Waals surface area contributed by atoms with Crippen molar-refractivity contribution in [3.63, 3.8) is 0 Å². The Morgan fingerprint density at radius 3 is 2.50 bits per heavy atom. The van der Waals surface area contributed by atoms with Crippen LogP contribution in [0.1, 0.15) is 18.4 Å². The number of carbonyl (C=O) groups is 1. The van der Waals surface area contributed by atoms with Crippen molar-refractivity contribution >= 4 is 29.3 Å². The Morgan fingerprint density at radius 2 is 1.92 bits per heavy atom. The number of hydrogen-bond donors (Lipinski definition) is 2. The van der Waals surface area contributed by atoms with Crippen LogP contribution in [0, 0.1) is 5.41 Å². The Hall–Kier alpha value is -2.34. The maximum Gasteiger partial charge on any atom is 0.310 e. The van der Waals surface area contributed by atoms with E-state index in [9.17, 15) is 9.90 Å². The molecule has 1 aromatic carbocycles. The van der Waals surface area contributed by atoms with Crippen molar-refractivity contribution in [3.05, 3.63) is 47.1 Å². The fourth-order valence-electron chi connectivity index (χ4n) is 3.11. The summed E-state index contributed by atoms with van der Waals surface area (Å²) in [6.07, 6.45) is 3.17. The van der Waals surface area contributed by atoms with Gasteiger partial charge in [0, 0.05) is 24.3 Å². The Morgan fingerprint density at radius 1 is 1.25 bits per heavy atom. The second-order valence-electron chi connectivity index (χ2n) is 6.16. The highest BCUT2D eigenvalue weighted by molar-refractivity contribution is 6.30. The number of rotatable bonds is 4. The molecule has 126 valence electrons. The van der Waals surface area contributed by atoms with Crippen molar-refractivity contribution in [1.29, 1.82) is 0 Å². The van der Waals surface area contributed by atoms with Crippen LogP contribution >= 0.6 is 11.6 Å². The van der Waals surface area contributed by atoms with Crippen molar-refractivity contribution in [3.8, 4) is 0 Å². The molecule has 2 heterocycles. The van der Waals surface area contributed by atoms with Crippen molar-refractivity contribution in [1.82, 2.24) is 9.97 Å². The molecule has 24 heavy (non-hydrogen) atoms. The predicted octanol–water partition coefficient (Wildman–Crippen LogP) is 2.63. The van der Waals surface area contributed by atoms with Crippen LogP contribution < -0.4 is 10.6 Å². The molecule has 0 spiro atoms. The molecule has 1 aromatic heterocycles. The zero-order valence-electron chi connectivity index (χ0n) is 13.2. The topological polar surface area (TPSA) is 92.3 Å². The first kappa shape index (κ1) is 16.5. The normalized spacial score (nSPS) is 16.8. The Balaban J connectivity index is 1.74. The lowest BCUT2D eigenvalue weighted by molar-refractivity contribution is -0.150. The van der Waals surface area contributed by atoms with Crippen molar-refractivity contribution in [2.24, 2.45) is 5.41 Å². The molecule has 0 radical (unpaired) electrons. The maximum absolute atomic E-state index is 11.9. The van der Waals surface area contributed by atoms with Crippen LogP contribution in [0.25, 0.3) is 0 Å². The third-order valence-corrected chi connectivity index (χ3v) is 4.83. The molecule has 0 aliphatic carbocycles. The SMILES string of the molecule is Nc1ccnc(N2CCC(Cc3ccc(Cl)cc3)(C(=O)O)CC2)n1. The summed E-state index contributed by atoms with van der Waals surface area (Å²) in [7, 11) is 0. The first-order valence-corrected chi connectivity index (χ1v) is 8.18. The van der Waals surface area contributed by atoms with E-state index in [4.69, 9.17) is 17.3 Å². The number of aromatic nitrogens is 2. The Labute approximate surface area is 145 Å². The molecule has 2 aromatic rings. The molecule has 1 fully saturated rings. The van der Waals surface area contributed by atoms with Crippen LogP contribution in [0.15, 0.2) is 36.5 Å². The average Bonchev–Trinajstić information content (AvgIpc) is 2.57. The molecule has 1 saturated heterocycles. The molecule has 0 unspecified atom stereocenters. The van der Waals surface area contributed by atoms with Gasteiger partial charge in [0.05, 0.1) is 5.41 Å². The summed E-state index contributed by atoms with van der Waals surface area (Å²) >= 11 is 5.90. The third kappa shape index (κ3) is 3.43. The van der Waals surface area contributed by atoms with E-state index in [1.165, 1.54) is 0 Å². The molecular formula is C17H19ClN4O2. The van der Waals surface area contributed by atoms with Gasteiger partial charge in [0.1, 0.15) is 5.82 Å². The molecule has 3 N–H and O–H groups in total. The van der Waals surface area contributed by atoms with E-state index >= 15 is 0 Å². The number of benzene rings is 1. The van der Waals surface area contributed by atoms with Gasteiger partial charge in [-0.15, -0.1) is 0 Å². The van der Waals surface area contributed by atoms with Crippen LogP contribution in [-0.4, -0.2) is 34.1 Å². The van der Waals surface area contributed by atoms with Crippen LogP contribution in [0.3, 0.4) is 0 Å². The summed E-state index contributed by atoms with van der Waals surface area (Å²) in [5.41, 5.74) is 5.91. The number of nitrogen functional groups attached to an aromatic ring is 1. The number of nitrogens with two attached hydrogens (primary N) is 1. The number of nitrogens with zero attached hydrogens (tertiary/aromatic N) is 3. The maximum atomic E-state index is 11.9. The molecule has 1 aliphatic rings. The first-order chi connectivity index (χ1) is 11.5. The molecule has 6 nitrogen and oxygen atoms in total. The van der Waals surface area contributed by atoms with E-state index in [0.29, 0.717) is 49.1 Å². The van der Waals surface area contributed by atoms with Gasteiger partial charge in [-0.25, -0.2) is 4.98 Å². The predicted molar refractivity (Wildman–Crippen MR) is 93.1 cm³/mol. The summed E-state index contributed by atoms with van der Waals surface area (Å²) in [4.78, 5) is 22.4. The van der Waals surface area contributed by atoms with Crippen LogP contribution in [0.5, 0.6) is 0 Å². The third-order valence-electron chi connectivity index (χ3n) is 4.58. The number of piperidine rings is 1. The van der Waals surface area contributed by atoms with Gasteiger partial charge in [-0.2, -0.15) is 4.98 Å². The lowest BCUT2D eigenvalue weighted by Crippen LogP contribution is -2.46. The minimum Gasteiger partial charge on any atom is -0.481 e. The van der Waals surface area contributed by atoms with E-state index in [2.05, 4.69) is 9.97 Å². The highest BCUT2D eigenvalue weighted by Crippen LogP contribution is 2.36. The quantitative estimate of drug-likeness (QED) is 0.884. The second kappa shape index (κ2) is 6.65. The van der Waals surface area contributed by atoms with E-state index < -0.39 is 11.4 Å². The zero-order valence-corrected chi connectivity index (χ0v) is 13.9. The highest BCUT2D eigenvalue weighted by Gasteiger charge is 2.42. The molecule has 0 atom stereocenters. The van der Waals surface area contributed by atoms with Gasteiger partial charge in [0.25, 0.3) is 0 Å². The van der Waals surface area contributed by atoms with Crippen molar-refractivity contribution < 1.29 is 9.90 Å². The number of carboxylic acids is 1. The van der Waals surface area contributed by atoms with Crippen LogP contribution in [-0.2, 0) is 11.2 Å². The van der Waals surface area contributed by atoms with Gasteiger partial charge in [-0.1, -0.05) is 23.7 Å². The Bertz CT molecular complexity index is 728. The van der Waals surface area contributed by atoms with Gasteiger partial charge < -0.3 is 15.7 Å². The molecule has 0 amide bonds. The standard InChI is InChI=1S/C17H19ClN4O2/c18-13-3-1-12(2-4-13)11-17(15(23)24)6-9-22(10-7-17)16-20-8-5-14(19)21-16/h1-5,8H,6-7,9-11H2,(H,23,24)(H2,19,20,21). The molecule has 7 heteroatoms. The van der Waals surface area contributed by atoms with Crippen LogP contribution in [0.2, 0.25) is 5.02 Å². The number of aliphatic carboxylic acids is 1. The minimum atomic E-state index is -0.773. The molecular weight excluding hydrogens is 328 g/mol. The number of carboxylic acid groups (broad SMARTS) is 1. The number of halogens is 1. The molecule has 0 saturated carbocycles. The summed E-state index contributed by atoms with van der Waals surface area (Å²) in [5, 5.41) is 10.5. The summed E-state index contributed by atoms with van der Waals surface area (Å²) < 4.78 is 0. The average molecular weight is 347 g/mol. The monoisotopic (exact) mass is 346 g/mol. The lowest BCUT2D eigenvalue weighted by atomic mass is 9.74. The summed E-state index contributed by atoms with van der Waals surface area (Å²) in [5.74, 6) is 0.210. The lowest BCUT2D eigenvalue weighted by Gasteiger charge is -2.39. The molecule has 1 aliphatic heterocycles. The van der Waals surface area contributed by atoms with Gasteiger partial charge in [0.2, 0.25) is 5.95 Å². The van der Waals surface area contributed by atoms with E-state index in [-0.39, 0.29) is 0 Å². The summed E-state index contributed by atoms with van der Waals surface area (Å²) in [6, 6.07) is 9.00. The summed E-state index contributed by atoms with van der Waals surface area (Å²) in [6.45, 7) is 1.17. The number of anilines is 2. The largest absolute Gasteiger partial charge is 0.481 e. The van der Waals surface area contributed by atoms with Crippen molar-refractivity contribution in [2.45, 2.75) is 19.3 Å². The smallest absolute Gasteiger partial charge is 0.310 e.